The summed E-state index contributed by atoms with van der Waals surface area (Å²) in [4.78, 5) is 78.3. The number of nitrogens with one attached hydrogen (secondary N) is 5. The van der Waals surface area contributed by atoms with E-state index in [1.807, 2.05) is 55.5 Å². The molecule has 0 unspecified atom stereocenters. The minimum atomic E-state index is -1.07. The zero-order chi connectivity index (χ0) is 38.2. The van der Waals surface area contributed by atoms with Gasteiger partial charge in [-0.25, -0.2) is 20.0 Å². The number of amides is 7. The van der Waals surface area contributed by atoms with Gasteiger partial charge in [-0.2, -0.15) is 5.10 Å². The van der Waals surface area contributed by atoms with Gasteiger partial charge < -0.3 is 26.0 Å². The molecule has 7 amide bonds. The molecule has 1 saturated carbocycles. The Morgan fingerprint density at radius 2 is 1.61 bits per heavy atom. The SMILES string of the molecule is CC[C@@H](/C=N/NC(=O)NCC1CCC(C(=O)NC)CC1)NC(=O)[C@@H]1CCCN2C(=O)CC[C@H](NC(=O)OCC3c4ccccc4-c4ccccc43)C(=O)N12. The number of alkyl carbamates (subject to hydrolysis) is 1. The van der Waals surface area contributed by atoms with Crippen LogP contribution in [-0.4, -0.2) is 96.9 Å². The first-order chi connectivity index (χ1) is 26.2. The first kappa shape index (κ1) is 38.3. The van der Waals surface area contributed by atoms with Crippen LogP contribution in [0.2, 0.25) is 0 Å². The van der Waals surface area contributed by atoms with Gasteiger partial charge in [-0.3, -0.25) is 24.2 Å². The van der Waals surface area contributed by atoms with Crippen molar-refractivity contribution in [3.63, 3.8) is 0 Å². The van der Waals surface area contributed by atoms with Gasteiger partial charge in [0.25, 0.3) is 5.91 Å². The molecule has 5 N–H and O–H groups in total. The van der Waals surface area contributed by atoms with Gasteiger partial charge in [-0.15, -0.1) is 0 Å². The largest absolute Gasteiger partial charge is 0.449 e. The average molecular weight is 743 g/mol. The molecule has 0 aromatic heterocycles. The minimum Gasteiger partial charge on any atom is -0.449 e. The standard InChI is InChI=1S/C39H50N8O7/c1-3-26(22-42-45-38(52)41-21-24-14-16-25(17-15-24)35(49)40-2)43-36(50)33-13-8-20-46-34(48)19-18-32(37(51)47(33)46)44-39(53)54-23-31-29-11-6-4-9-27(29)28-10-5-7-12-30(28)31/h4-7,9-12,22,24-26,31-33H,3,8,13-21,23H2,1-2H3,(H,40,49)(H,43,50)(H,44,53)(H2,41,45,52)/b42-22+/t24?,25?,26-,32-,33-/m0/s1. The predicted octanol–water partition coefficient (Wildman–Crippen LogP) is 3.15. The van der Waals surface area contributed by atoms with Gasteiger partial charge in [0.1, 0.15) is 18.7 Å². The van der Waals surface area contributed by atoms with Crippen LogP contribution >= 0.6 is 0 Å². The molecule has 15 heteroatoms. The molecule has 2 saturated heterocycles. The third kappa shape index (κ3) is 8.66. The number of carbonyl (C=O) groups excluding carboxylic acids is 6. The van der Waals surface area contributed by atoms with Gasteiger partial charge in [0.15, 0.2) is 0 Å². The van der Waals surface area contributed by atoms with Crippen LogP contribution in [0, 0.1) is 11.8 Å². The number of ether oxygens (including phenoxy) is 1. The summed E-state index contributed by atoms with van der Waals surface area (Å²) in [5.74, 6) is -1.14. The molecule has 6 rings (SSSR count). The zero-order valence-electron chi connectivity index (χ0n) is 30.8. The van der Waals surface area contributed by atoms with Crippen molar-refractivity contribution in [1.29, 1.82) is 0 Å². The lowest BCUT2D eigenvalue weighted by Crippen LogP contribution is -2.64. The molecule has 288 valence electrons. The van der Waals surface area contributed by atoms with Crippen molar-refractivity contribution < 1.29 is 33.5 Å². The van der Waals surface area contributed by atoms with Crippen molar-refractivity contribution in [1.82, 2.24) is 36.7 Å². The van der Waals surface area contributed by atoms with E-state index in [-0.39, 0.29) is 55.6 Å². The highest BCUT2D eigenvalue weighted by atomic mass is 16.5. The topological polar surface area (TPSA) is 191 Å². The Labute approximate surface area is 315 Å². The van der Waals surface area contributed by atoms with E-state index in [1.165, 1.54) is 16.2 Å². The fourth-order valence-corrected chi connectivity index (χ4v) is 8.01. The maximum Gasteiger partial charge on any atom is 0.407 e. The summed E-state index contributed by atoms with van der Waals surface area (Å²) in [5, 5.41) is 17.6. The monoisotopic (exact) mass is 742 g/mol. The van der Waals surface area contributed by atoms with Crippen LogP contribution in [-0.2, 0) is 23.9 Å². The van der Waals surface area contributed by atoms with E-state index in [0.29, 0.717) is 25.8 Å². The molecular formula is C39H50N8O7. The van der Waals surface area contributed by atoms with Gasteiger partial charge in [-0.1, -0.05) is 55.5 Å². The number of fused-ring (bicyclic) bond motifs is 4. The lowest BCUT2D eigenvalue weighted by molar-refractivity contribution is -0.176. The number of hydrogen-bond acceptors (Lipinski definition) is 8. The summed E-state index contributed by atoms with van der Waals surface area (Å²) in [6.07, 6.45) is 5.27. The molecule has 2 heterocycles. The van der Waals surface area contributed by atoms with Crippen molar-refractivity contribution in [2.75, 3.05) is 26.7 Å². The molecule has 15 nitrogen and oxygen atoms in total. The molecule has 0 radical (unpaired) electrons. The quantitative estimate of drug-likeness (QED) is 0.173. The van der Waals surface area contributed by atoms with E-state index in [0.717, 1.165) is 47.9 Å². The number of benzene rings is 2. The summed E-state index contributed by atoms with van der Waals surface area (Å²) in [7, 11) is 1.64. The lowest BCUT2D eigenvalue weighted by Gasteiger charge is -2.43. The summed E-state index contributed by atoms with van der Waals surface area (Å²) >= 11 is 0. The molecule has 3 atom stereocenters. The van der Waals surface area contributed by atoms with Crippen LogP contribution in [0.4, 0.5) is 9.59 Å². The van der Waals surface area contributed by atoms with Gasteiger partial charge in [0.05, 0.1) is 6.04 Å². The van der Waals surface area contributed by atoms with Crippen molar-refractivity contribution in [3.05, 3.63) is 59.7 Å². The Balaban J connectivity index is 1.01. The second-order valence-corrected chi connectivity index (χ2v) is 14.4. The fourth-order valence-electron chi connectivity index (χ4n) is 8.01. The molecule has 54 heavy (non-hydrogen) atoms. The van der Waals surface area contributed by atoms with Crippen LogP contribution in [0.1, 0.15) is 81.8 Å². The van der Waals surface area contributed by atoms with Crippen molar-refractivity contribution in [2.45, 2.75) is 88.8 Å². The predicted molar refractivity (Wildman–Crippen MR) is 200 cm³/mol. The normalized spacial score (nSPS) is 23.0. The first-order valence-electron chi connectivity index (χ1n) is 19.0. The third-order valence-corrected chi connectivity index (χ3v) is 11.0. The third-order valence-electron chi connectivity index (χ3n) is 11.0. The van der Waals surface area contributed by atoms with Crippen LogP contribution in [0.15, 0.2) is 53.6 Å². The highest BCUT2D eigenvalue weighted by Crippen LogP contribution is 2.44. The van der Waals surface area contributed by atoms with Crippen molar-refractivity contribution in [3.8, 4) is 11.1 Å². The highest BCUT2D eigenvalue weighted by Gasteiger charge is 2.45. The summed E-state index contributed by atoms with van der Waals surface area (Å²) in [5.41, 5.74) is 6.75. The Bertz CT molecular complexity index is 1710. The average Bonchev–Trinajstić information content (AvgIpc) is 3.46. The molecule has 0 spiro atoms. The Hall–Kier alpha value is -5.47. The first-order valence-corrected chi connectivity index (χ1v) is 19.0. The molecule has 2 aromatic rings. The van der Waals surface area contributed by atoms with Crippen LogP contribution in [0.25, 0.3) is 11.1 Å². The molecule has 2 aliphatic heterocycles. The van der Waals surface area contributed by atoms with E-state index in [4.69, 9.17) is 4.74 Å². The number of nitrogens with zero attached hydrogens (tertiary/aromatic N) is 3. The Morgan fingerprint density at radius 3 is 2.28 bits per heavy atom. The van der Waals surface area contributed by atoms with Crippen molar-refractivity contribution in [2.24, 2.45) is 16.9 Å². The summed E-state index contributed by atoms with van der Waals surface area (Å²) in [6.45, 7) is 2.65. The van der Waals surface area contributed by atoms with Crippen LogP contribution in [0.3, 0.4) is 0 Å². The number of urea groups is 1. The maximum absolute atomic E-state index is 14.0. The molecule has 4 aliphatic rings. The summed E-state index contributed by atoms with van der Waals surface area (Å²) in [6, 6.07) is 12.9. The van der Waals surface area contributed by atoms with Gasteiger partial charge in [0.2, 0.25) is 17.7 Å². The number of rotatable bonds is 11. The molecule has 3 fully saturated rings. The minimum absolute atomic E-state index is 0.0140. The van der Waals surface area contributed by atoms with Crippen LogP contribution in [0.5, 0.6) is 0 Å². The summed E-state index contributed by atoms with van der Waals surface area (Å²) < 4.78 is 5.69. The van der Waals surface area contributed by atoms with E-state index in [1.54, 1.807) is 7.05 Å². The second kappa shape index (κ2) is 17.6. The molecule has 2 aliphatic carbocycles. The smallest absolute Gasteiger partial charge is 0.407 e. The van der Waals surface area contributed by atoms with E-state index < -0.39 is 42.1 Å². The van der Waals surface area contributed by atoms with E-state index >= 15 is 0 Å². The molecule has 2 aromatic carbocycles. The van der Waals surface area contributed by atoms with Gasteiger partial charge in [-0.05, 0) is 79.5 Å². The van der Waals surface area contributed by atoms with Crippen LogP contribution < -0.4 is 26.7 Å². The van der Waals surface area contributed by atoms with Crippen molar-refractivity contribution >= 4 is 42.0 Å². The lowest BCUT2D eigenvalue weighted by atomic mass is 9.81. The fraction of sp³-hybridized carbons (Fsp3) is 0.513. The second-order valence-electron chi connectivity index (χ2n) is 14.4. The maximum atomic E-state index is 14.0. The number of carbonyl (C=O) groups is 6. The zero-order valence-corrected chi connectivity index (χ0v) is 30.8. The molecule has 0 bridgehead atoms. The van der Waals surface area contributed by atoms with Gasteiger partial charge >= 0.3 is 12.1 Å². The van der Waals surface area contributed by atoms with E-state index in [9.17, 15) is 28.8 Å². The number of hydrazine groups is 1. The Morgan fingerprint density at radius 1 is 0.926 bits per heavy atom. The van der Waals surface area contributed by atoms with Gasteiger partial charge in [0, 0.05) is 44.6 Å². The molecular weight excluding hydrogens is 692 g/mol. The number of hydrazone groups is 1. The highest BCUT2D eigenvalue weighted by molar-refractivity contribution is 5.95. The Kier molecular flexibility index (Phi) is 12.4. The van der Waals surface area contributed by atoms with E-state index in [2.05, 4.69) is 31.8 Å². The number of hydrogen-bond donors (Lipinski definition) is 5.